The summed E-state index contributed by atoms with van der Waals surface area (Å²) in [4.78, 5) is 9.16. The molecule has 0 unspecified atom stereocenters. The van der Waals surface area contributed by atoms with Crippen LogP contribution in [0.4, 0.5) is 11.4 Å². The van der Waals surface area contributed by atoms with Crippen LogP contribution >= 0.6 is 0 Å². The molecule has 144 valence electrons. The number of piperazine rings is 1. The summed E-state index contributed by atoms with van der Waals surface area (Å²) < 4.78 is 10.7. The summed E-state index contributed by atoms with van der Waals surface area (Å²) >= 11 is 0. The Kier molecular flexibility index (Phi) is 5.33. The van der Waals surface area contributed by atoms with Crippen molar-refractivity contribution in [3.8, 4) is 22.6 Å². The Bertz CT molecular complexity index is 905. The zero-order valence-corrected chi connectivity index (χ0v) is 16.3. The van der Waals surface area contributed by atoms with Crippen LogP contribution in [0, 0.1) is 0 Å². The van der Waals surface area contributed by atoms with Crippen molar-refractivity contribution in [1.29, 1.82) is 0 Å². The molecule has 3 aromatic rings. The Hall–Kier alpha value is -3.21. The van der Waals surface area contributed by atoms with Gasteiger partial charge in [0.2, 0.25) is 0 Å². The number of aromatic nitrogens is 1. The first-order valence-electron chi connectivity index (χ1n) is 9.51. The molecule has 0 bridgehead atoms. The van der Waals surface area contributed by atoms with Crippen molar-refractivity contribution in [3.63, 3.8) is 0 Å². The first-order chi connectivity index (χ1) is 13.8. The number of methoxy groups -OCH3 is 2. The van der Waals surface area contributed by atoms with Gasteiger partial charge >= 0.3 is 0 Å². The molecule has 2 aromatic carbocycles. The van der Waals surface area contributed by atoms with E-state index in [0.717, 1.165) is 48.8 Å². The molecule has 0 atom stereocenters. The van der Waals surface area contributed by atoms with E-state index in [4.69, 9.17) is 9.47 Å². The van der Waals surface area contributed by atoms with Crippen molar-refractivity contribution in [3.05, 3.63) is 67.0 Å². The first-order valence-corrected chi connectivity index (χ1v) is 9.51. The number of pyridine rings is 1. The highest BCUT2D eigenvalue weighted by Gasteiger charge is 2.20. The molecule has 28 heavy (non-hydrogen) atoms. The Morgan fingerprint density at radius 1 is 0.786 bits per heavy atom. The van der Waals surface area contributed by atoms with E-state index in [1.54, 1.807) is 20.4 Å². The number of anilines is 2. The van der Waals surface area contributed by atoms with Gasteiger partial charge in [-0.25, -0.2) is 0 Å². The van der Waals surface area contributed by atoms with Crippen LogP contribution in [0.2, 0.25) is 0 Å². The number of rotatable bonds is 5. The lowest BCUT2D eigenvalue weighted by Crippen LogP contribution is -2.46. The van der Waals surface area contributed by atoms with E-state index in [9.17, 15) is 0 Å². The summed E-state index contributed by atoms with van der Waals surface area (Å²) in [6.07, 6.45) is 3.71. The molecule has 1 fully saturated rings. The van der Waals surface area contributed by atoms with Crippen molar-refractivity contribution in [2.75, 3.05) is 50.2 Å². The van der Waals surface area contributed by atoms with Gasteiger partial charge in [0.15, 0.2) is 0 Å². The van der Waals surface area contributed by atoms with E-state index >= 15 is 0 Å². The maximum absolute atomic E-state index is 5.46. The van der Waals surface area contributed by atoms with E-state index in [0.29, 0.717) is 0 Å². The molecular weight excluding hydrogens is 350 g/mol. The summed E-state index contributed by atoms with van der Waals surface area (Å²) in [5, 5.41) is 0. The van der Waals surface area contributed by atoms with Crippen LogP contribution in [0.15, 0.2) is 67.0 Å². The fraction of sp³-hybridized carbons (Fsp3) is 0.261. The molecule has 1 aliphatic rings. The molecule has 0 amide bonds. The highest BCUT2D eigenvalue weighted by Crippen LogP contribution is 2.34. The van der Waals surface area contributed by atoms with Crippen LogP contribution < -0.4 is 19.3 Å². The monoisotopic (exact) mass is 375 g/mol. The number of hydrogen-bond acceptors (Lipinski definition) is 5. The van der Waals surface area contributed by atoms with E-state index in [2.05, 4.69) is 45.1 Å². The normalized spacial score (nSPS) is 14.1. The zero-order valence-electron chi connectivity index (χ0n) is 16.3. The Balaban J connectivity index is 1.54. The molecule has 0 saturated carbocycles. The Morgan fingerprint density at radius 3 is 2.11 bits per heavy atom. The second-order valence-electron chi connectivity index (χ2n) is 6.80. The maximum atomic E-state index is 5.46. The Labute approximate surface area is 166 Å². The van der Waals surface area contributed by atoms with Crippen LogP contribution in [0.1, 0.15) is 0 Å². The maximum Gasteiger partial charge on any atom is 0.119 e. The van der Waals surface area contributed by atoms with Crippen LogP contribution in [0.3, 0.4) is 0 Å². The van der Waals surface area contributed by atoms with Gasteiger partial charge in [-0.2, -0.15) is 0 Å². The third-order valence-corrected chi connectivity index (χ3v) is 5.23. The summed E-state index contributed by atoms with van der Waals surface area (Å²) in [5.41, 5.74) is 4.73. The van der Waals surface area contributed by atoms with Gasteiger partial charge in [-0.3, -0.25) is 4.98 Å². The van der Waals surface area contributed by atoms with Gasteiger partial charge in [0.1, 0.15) is 11.5 Å². The molecule has 0 N–H and O–H groups in total. The number of ether oxygens (including phenoxy) is 2. The molecular formula is C23H25N3O2. The van der Waals surface area contributed by atoms with Crippen molar-refractivity contribution < 1.29 is 9.47 Å². The fourth-order valence-corrected chi connectivity index (χ4v) is 3.67. The minimum Gasteiger partial charge on any atom is -0.497 e. The van der Waals surface area contributed by atoms with E-state index in [1.165, 1.54) is 11.4 Å². The van der Waals surface area contributed by atoms with Gasteiger partial charge < -0.3 is 19.3 Å². The van der Waals surface area contributed by atoms with Crippen LogP contribution in [0.25, 0.3) is 11.1 Å². The third-order valence-electron chi connectivity index (χ3n) is 5.23. The van der Waals surface area contributed by atoms with Gasteiger partial charge in [0.25, 0.3) is 0 Å². The second-order valence-corrected chi connectivity index (χ2v) is 6.80. The lowest BCUT2D eigenvalue weighted by atomic mass is 10.0. The average molecular weight is 375 g/mol. The zero-order chi connectivity index (χ0) is 19.3. The minimum atomic E-state index is 0.861. The van der Waals surface area contributed by atoms with Crippen molar-refractivity contribution in [2.24, 2.45) is 0 Å². The number of hydrogen-bond donors (Lipinski definition) is 0. The largest absolute Gasteiger partial charge is 0.497 e. The van der Waals surface area contributed by atoms with Crippen molar-refractivity contribution in [2.45, 2.75) is 0 Å². The predicted octanol–water partition coefficient (Wildman–Crippen LogP) is 4.09. The van der Waals surface area contributed by atoms with Gasteiger partial charge in [-0.05, 0) is 48.5 Å². The topological polar surface area (TPSA) is 37.8 Å². The lowest BCUT2D eigenvalue weighted by Gasteiger charge is -2.38. The third kappa shape index (κ3) is 3.74. The second kappa shape index (κ2) is 8.21. The molecule has 1 aromatic heterocycles. The average Bonchev–Trinajstić information content (AvgIpc) is 2.79. The van der Waals surface area contributed by atoms with Gasteiger partial charge in [-0.1, -0.05) is 6.07 Å². The molecule has 4 rings (SSSR count). The van der Waals surface area contributed by atoms with Gasteiger partial charge in [0, 0.05) is 61.1 Å². The standard InChI is InChI=1S/C23H25N3O2/c1-27-20-7-5-19(6-8-20)25-12-14-26(15-13-25)23-10-9-21(28-2)16-22(23)18-4-3-11-24-17-18/h3-11,16-17H,12-15H2,1-2H3. The van der Waals surface area contributed by atoms with Crippen LogP contribution in [-0.4, -0.2) is 45.4 Å². The quantitative estimate of drug-likeness (QED) is 0.671. The fourth-order valence-electron chi connectivity index (χ4n) is 3.67. The SMILES string of the molecule is COc1ccc(N2CCN(c3ccc(OC)cc3-c3cccnc3)CC2)cc1. The molecule has 1 saturated heterocycles. The summed E-state index contributed by atoms with van der Waals surface area (Å²) in [7, 11) is 3.40. The van der Waals surface area contributed by atoms with Crippen LogP contribution in [-0.2, 0) is 0 Å². The molecule has 0 aliphatic carbocycles. The van der Waals surface area contributed by atoms with E-state index in [1.807, 2.05) is 30.5 Å². The first kappa shape index (κ1) is 18.2. The lowest BCUT2D eigenvalue weighted by molar-refractivity contribution is 0.414. The van der Waals surface area contributed by atoms with E-state index < -0.39 is 0 Å². The minimum absolute atomic E-state index is 0.861. The number of benzene rings is 2. The van der Waals surface area contributed by atoms with Crippen LogP contribution in [0.5, 0.6) is 11.5 Å². The molecule has 5 heteroatoms. The Morgan fingerprint density at radius 2 is 1.46 bits per heavy atom. The molecule has 0 radical (unpaired) electrons. The molecule has 0 spiro atoms. The van der Waals surface area contributed by atoms with E-state index in [-0.39, 0.29) is 0 Å². The summed E-state index contributed by atoms with van der Waals surface area (Å²) in [6.45, 7) is 3.88. The molecule has 5 nitrogen and oxygen atoms in total. The predicted molar refractivity (Wildman–Crippen MR) is 114 cm³/mol. The van der Waals surface area contributed by atoms with Crippen molar-refractivity contribution in [1.82, 2.24) is 4.98 Å². The van der Waals surface area contributed by atoms with Gasteiger partial charge in [0.05, 0.1) is 14.2 Å². The highest BCUT2D eigenvalue weighted by molar-refractivity contribution is 5.80. The molecule has 1 aliphatic heterocycles. The summed E-state index contributed by atoms with van der Waals surface area (Å²) in [5.74, 6) is 1.75. The summed E-state index contributed by atoms with van der Waals surface area (Å²) in [6, 6.07) is 18.7. The molecule has 2 heterocycles. The smallest absolute Gasteiger partial charge is 0.119 e. The van der Waals surface area contributed by atoms with Gasteiger partial charge in [-0.15, -0.1) is 0 Å². The highest BCUT2D eigenvalue weighted by atomic mass is 16.5. The van der Waals surface area contributed by atoms with Crippen molar-refractivity contribution >= 4 is 11.4 Å². The number of nitrogens with zero attached hydrogens (tertiary/aromatic N) is 3.